The lowest BCUT2D eigenvalue weighted by Gasteiger charge is -2.28. The third-order valence-electron chi connectivity index (χ3n) is 11.1. The van der Waals surface area contributed by atoms with Gasteiger partial charge in [-0.3, -0.25) is 0 Å². The first-order valence-electron chi connectivity index (χ1n) is 16.1. The Balaban J connectivity index is 1.78. The van der Waals surface area contributed by atoms with Crippen LogP contribution in [0.3, 0.4) is 0 Å². The Morgan fingerprint density at radius 3 is 1.44 bits per heavy atom. The highest BCUT2D eigenvalue weighted by molar-refractivity contribution is 6.71. The first-order valence-corrected chi connectivity index (χ1v) is 16.1. The number of benzene rings is 7. The van der Waals surface area contributed by atoms with Gasteiger partial charge >= 0.3 is 0 Å². The number of furan rings is 1. The van der Waals surface area contributed by atoms with E-state index in [2.05, 4.69) is 148 Å². The van der Waals surface area contributed by atoms with Crippen LogP contribution in [0.1, 0.15) is 0 Å². The van der Waals surface area contributed by atoms with Crippen LogP contribution < -0.4 is 43.7 Å². The Kier molecular flexibility index (Phi) is 6.30. The van der Waals surface area contributed by atoms with Crippen LogP contribution in [0.5, 0.6) is 0 Å². The smallest absolute Gasteiger partial charge is 0.143 e. The highest BCUT2D eigenvalue weighted by atomic mass is 16.3. The van der Waals surface area contributed by atoms with Crippen LogP contribution in [0.2, 0.25) is 0 Å². The predicted molar refractivity (Wildman–Crippen MR) is 223 cm³/mol. The first-order chi connectivity index (χ1) is 21.7. The summed E-state index contributed by atoms with van der Waals surface area (Å²) in [7, 11) is 18.5. The van der Waals surface area contributed by atoms with E-state index in [0.717, 1.165) is 21.9 Å². The Morgan fingerprint density at radius 2 is 0.867 bits per heavy atom. The summed E-state index contributed by atoms with van der Waals surface area (Å²) < 4.78 is 6.74. The third kappa shape index (κ3) is 3.80. The molecule has 1 heterocycles. The lowest BCUT2D eigenvalue weighted by Crippen LogP contribution is -2.50. The zero-order chi connectivity index (χ0) is 31.3. The van der Waals surface area contributed by atoms with Crippen molar-refractivity contribution in [3.8, 4) is 22.3 Å². The van der Waals surface area contributed by atoms with E-state index < -0.39 is 0 Å². The lowest BCUT2D eigenvalue weighted by molar-refractivity contribution is 0.673. The molecule has 1 aromatic heterocycles. The van der Waals surface area contributed by atoms with Crippen molar-refractivity contribution in [3.63, 3.8) is 0 Å². The van der Waals surface area contributed by atoms with Gasteiger partial charge in [0.25, 0.3) is 0 Å². The number of hydrogen-bond acceptors (Lipinski definition) is 1. The average Bonchev–Trinajstić information content (AvgIpc) is 3.47. The zero-order valence-corrected chi connectivity index (χ0v) is 27.5. The summed E-state index contributed by atoms with van der Waals surface area (Å²) in [6.07, 6.45) is 0. The summed E-state index contributed by atoms with van der Waals surface area (Å²) in [5.41, 5.74) is 18.0. The molecule has 0 spiro atoms. The van der Waals surface area contributed by atoms with E-state index in [1.54, 1.807) is 0 Å². The van der Waals surface area contributed by atoms with Gasteiger partial charge in [0.2, 0.25) is 0 Å². The first kappa shape index (κ1) is 28.1. The number of hydrogen-bond donors (Lipinski definition) is 0. The predicted octanol–water partition coefficient (Wildman–Crippen LogP) is -3.55. The van der Waals surface area contributed by atoms with Gasteiger partial charge in [0.1, 0.15) is 73.9 Å². The lowest BCUT2D eigenvalue weighted by atomic mass is 9.59. The van der Waals surface area contributed by atoms with Gasteiger partial charge in [0.05, 0.1) is 0 Å². The van der Waals surface area contributed by atoms with Gasteiger partial charge in [-0.05, 0) is 61.3 Å². The molecule has 8 rings (SSSR count). The molecule has 0 aliphatic rings. The second-order valence-electron chi connectivity index (χ2n) is 13.1. The molecule has 0 radical (unpaired) electrons. The fourth-order valence-electron chi connectivity index (χ4n) is 8.04. The van der Waals surface area contributed by atoms with Crippen LogP contribution in [-0.2, 0) is 0 Å². The standard InChI is InChI=1S/C36H30B8O/c37-28-24-21(15-8-2-1-3-9-15)25-27(31(40)35(44)33(42)29(25)38)23(26(24)30(39)34(43)32(28)41)19-14-16-10-4-5-11-17(16)36-22(19)18-12-6-7-13-20(18)45-36/h1-14H,37-44H2. The molecule has 0 fully saturated rings. The number of fused-ring (bicyclic) bond motifs is 7. The molecule has 0 aliphatic carbocycles. The molecule has 1 nitrogen and oxygen atoms in total. The summed E-state index contributed by atoms with van der Waals surface area (Å²) in [5, 5.41) is 10.2. The molecule has 0 unspecified atom stereocenters. The second-order valence-corrected chi connectivity index (χ2v) is 13.1. The Morgan fingerprint density at radius 1 is 0.400 bits per heavy atom. The summed E-state index contributed by atoms with van der Waals surface area (Å²) in [6.45, 7) is 0. The molecule has 7 aromatic carbocycles. The minimum Gasteiger partial charge on any atom is -0.455 e. The molecule has 0 aliphatic heterocycles. The van der Waals surface area contributed by atoms with Crippen LogP contribution >= 0.6 is 0 Å². The Labute approximate surface area is 271 Å². The van der Waals surface area contributed by atoms with Crippen molar-refractivity contribution in [2.45, 2.75) is 0 Å². The molecule has 0 saturated carbocycles. The second kappa shape index (κ2) is 10.1. The quantitative estimate of drug-likeness (QED) is 0.157. The molecule has 0 bridgehead atoms. The van der Waals surface area contributed by atoms with Crippen molar-refractivity contribution in [2.24, 2.45) is 0 Å². The maximum Gasteiger partial charge on any atom is 0.143 e. The molecule has 9 heteroatoms. The number of rotatable bonds is 2. The van der Waals surface area contributed by atoms with Crippen molar-refractivity contribution < 1.29 is 4.42 Å². The molecule has 204 valence electrons. The monoisotopic (exact) mass is 566 g/mol. The van der Waals surface area contributed by atoms with Gasteiger partial charge in [-0.1, -0.05) is 94.6 Å². The summed E-state index contributed by atoms with van der Waals surface area (Å²) in [5.74, 6) is 0. The zero-order valence-electron chi connectivity index (χ0n) is 27.5. The van der Waals surface area contributed by atoms with E-state index in [1.165, 1.54) is 98.3 Å². The van der Waals surface area contributed by atoms with E-state index >= 15 is 0 Å². The van der Waals surface area contributed by atoms with Crippen molar-refractivity contribution in [1.29, 1.82) is 0 Å². The largest absolute Gasteiger partial charge is 0.455 e. The van der Waals surface area contributed by atoms with Gasteiger partial charge in [0.15, 0.2) is 0 Å². The molecule has 0 N–H and O–H groups in total. The Bertz CT molecular complexity index is 2490. The van der Waals surface area contributed by atoms with E-state index in [0.29, 0.717) is 0 Å². The van der Waals surface area contributed by atoms with Crippen LogP contribution in [0.25, 0.3) is 76.5 Å². The Hall–Kier alpha value is -4.36. The van der Waals surface area contributed by atoms with Gasteiger partial charge in [0, 0.05) is 16.2 Å². The minimum absolute atomic E-state index is 0.930. The van der Waals surface area contributed by atoms with E-state index in [9.17, 15) is 0 Å². The topological polar surface area (TPSA) is 13.1 Å². The molecule has 0 atom stereocenters. The SMILES string of the molecule is Bc1c(B)c(B)c2c(-c3cc4ccccc4c4oc5ccccc5c34)c3c(B)c(B)c(B)c(B)c3c(-c3ccccc3)c2c1B. The van der Waals surface area contributed by atoms with Crippen LogP contribution in [-0.4, -0.2) is 62.8 Å². The van der Waals surface area contributed by atoms with Gasteiger partial charge in [-0.15, -0.1) is 21.9 Å². The minimum atomic E-state index is 0.930. The van der Waals surface area contributed by atoms with Crippen molar-refractivity contribution >= 4 is 161 Å². The van der Waals surface area contributed by atoms with E-state index in [4.69, 9.17) is 4.42 Å². The maximum atomic E-state index is 6.74. The normalized spacial score (nSPS) is 11.8. The summed E-state index contributed by atoms with van der Waals surface area (Å²) >= 11 is 0. The van der Waals surface area contributed by atoms with Crippen LogP contribution in [0.4, 0.5) is 0 Å². The van der Waals surface area contributed by atoms with Gasteiger partial charge in [-0.2, -0.15) is 0 Å². The third-order valence-corrected chi connectivity index (χ3v) is 11.1. The molecule has 0 amide bonds. The molecular weight excluding hydrogens is 535 g/mol. The number of para-hydroxylation sites is 1. The molecule has 0 saturated heterocycles. The molecular formula is C36H30B8O. The van der Waals surface area contributed by atoms with Crippen molar-refractivity contribution in [2.75, 3.05) is 0 Å². The maximum absolute atomic E-state index is 6.74. The average molecular weight is 565 g/mol. The highest BCUT2D eigenvalue weighted by Gasteiger charge is 2.27. The van der Waals surface area contributed by atoms with Crippen LogP contribution in [0.15, 0.2) is 89.3 Å². The molecule has 45 heavy (non-hydrogen) atoms. The van der Waals surface area contributed by atoms with Crippen molar-refractivity contribution in [3.05, 3.63) is 84.9 Å². The molecule has 8 aromatic rings. The van der Waals surface area contributed by atoms with Gasteiger partial charge in [-0.25, -0.2) is 0 Å². The van der Waals surface area contributed by atoms with Crippen molar-refractivity contribution in [1.82, 2.24) is 0 Å². The van der Waals surface area contributed by atoms with Gasteiger partial charge < -0.3 is 4.42 Å². The van der Waals surface area contributed by atoms with E-state index in [-0.39, 0.29) is 0 Å². The van der Waals surface area contributed by atoms with Crippen LogP contribution in [0, 0.1) is 0 Å². The van der Waals surface area contributed by atoms with E-state index in [1.807, 2.05) is 0 Å². The highest BCUT2D eigenvalue weighted by Crippen LogP contribution is 2.46. The fraction of sp³-hybridized carbons (Fsp3) is 0. The summed E-state index contributed by atoms with van der Waals surface area (Å²) in [6, 6.07) is 30.7. The fourth-order valence-corrected chi connectivity index (χ4v) is 8.04. The summed E-state index contributed by atoms with van der Waals surface area (Å²) in [4.78, 5) is 0.